The second-order valence-electron chi connectivity index (χ2n) is 4.38. The zero-order valence-electron chi connectivity index (χ0n) is 9.25. The highest BCUT2D eigenvalue weighted by Gasteiger charge is 2.26. The largest absolute Gasteiger partial charge is 0.352 e. The van der Waals surface area contributed by atoms with Crippen molar-refractivity contribution in [3.05, 3.63) is 0 Å². The van der Waals surface area contributed by atoms with E-state index in [0.29, 0.717) is 12.0 Å². The molecule has 1 amide bonds. The fourth-order valence-electron chi connectivity index (χ4n) is 1.83. The van der Waals surface area contributed by atoms with Crippen LogP contribution in [0.3, 0.4) is 0 Å². The minimum Gasteiger partial charge on any atom is -0.352 e. The summed E-state index contributed by atoms with van der Waals surface area (Å²) in [5.74, 6) is 0.707. The minimum absolute atomic E-state index is 0.0197. The van der Waals surface area contributed by atoms with Crippen LogP contribution >= 0.6 is 0 Å². The van der Waals surface area contributed by atoms with E-state index in [4.69, 9.17) is 5.73 Å². The first kappa shape index (κ1) is 11.5. The summed E-state index contributed by atoms with van der Waals surface area (Å²) in [6, 6.07) is -0.0123. The molecule has 0 bridgehead atoms. The van der Waals surface area contributed by atoms with E-state index in [1.807, 2.05) is 6.92 Å². The third-order valence-electron chi connectivity index (χ3n) is 3.16. The molecule has 2 unspecified atom stereocenters. The van der Waals surface area contributed by atoms with Crippen LogP contribution in [0.5, 0.6) is 0 Å². The Labute approximate surface area is 86.4 Å². The van der Waals surface area contributed by atoms with Crippen molar-refractivity contribution in [1.82, 2.24) is 5.32 Å². The van der Waals surface area contributed by atoms with Gasteiger partial charge >= 0.3 is 0 Å². The van der Waals surface area contributed by atoms with E-state index in [0.717, 1.165) is 12.8 Å². The Bertz CT molecular complexity index is 190. The highest BCUT2D eigenvalue weighted by molar-refractivity contribution is 5.81. The lowest BCUT2D eigenvalue weighted by Gasteiger charge is -2.32. The van der Waals surface area contributed by atoms with Crippen molar-refractivity contribution >= 4 is 5.91 Å². The van der Waals surface area contributed by atoms with E-state index in [-0.39, 0.29) is 11.9 Å². The SMILES string of the molecule is CCCC(N)C(=O)NC(C)C1CCC1. The minimum atomic E-state index is -0.317. The topological polar surface area (TPSA) is 55.1 Å². The summed E-state index contributed by atoms with van der Waals surface area (Å²) in [7, 11) is 0. The highest BCUT2D eigenvalue weighted by Crippen LogP contribution is 2.29. The molecule has 0 heterocycles. The van der Waals surface area contributed by atoms with Crippen LogP contribution in [-0.2, 0) is 4.79 Å². The Kier molecular flexibility index (Phi) is 4.39. The van der Waals surface area contributed by atoms with Crippen LogP contribution in [0.1, 0.15) is 46.0 Å². The molecule has 1 aliphatic rings. The fraction of sp³-hybridized carbons (Fsp3) is 0.909. The molecule has 0 spiro atoms. The normalized spacial score (nSPS) is 21.1. The summed E-state index contributed by atoms with van der Waals surface area (Å²) in [4.78, 5) is 11.6. The maximum Gasteiger partial charge on any atom is 0.237 e. The highest BCUT2D eigenvalue weighted by atomic mass is 16.2. The average Bonchev–Trinajstić information content (AvgIpc) is 2.00. The molecule has 1 saturated carbocycles. The second kappa shape index (κ2) is 5.35. The second-order valence-corrected chi connectivity index (χ2v) is 4.38. The molecule has 0 aliphatic heterocycles. The van der Waals surface area contributed by atoms with E-state index in [9.17, 15) is 4.79 Å². The van der Waals surface area contributed by atoms with Crippen LogP contribution in [0.25, 0.3) is 0 Å². The molecule has 14 heavy (non-hydrogen) atoms. The molecule has 3 heteroatoms. The molecule has 1 rings (SSSR count). The number of rotatable bonds is 5. The molecule has 0 aromatic rings. The lowest BCUT2D eigenvalue weighted by molar-refractivity contribution is -0.123. The van der Waals surface area contributed by atoms with Gasteiger partial charge in [-0.15, -0.1) is 0 Å². The zero-order chi connectivity index (χ0) is 10.6. The number of carbonyl (C=O) groups excluding carboxylic acids is 1. The third kappa shape index (κ3) is 2.98. The Morgan fingerprint density at radius 1 is 1.57 bits per heavy atom. The first-order valence-corrected chi connectivity index (χ1v) is 5.71. The maximum absolute atomic E-state index is 11.6. The number of hydrogen-bond donors (Lipinski definition) is 2. The molecule has 0 saturated heterocycles. The molecule has 1 aliphatic carbocycles. The van der Waals surface area contributed by atoms with Gasteiger partial charge in [-0.2, -0.15) is 0 Å². The molecular formula is C11H22N2O. The summed E-state index contributed by atoms with van der Waals surface area (Å²) in [6.45, 7) is 4.13. The summed E-state index contributed by atoms with van der Waals surface area (Å²) in [6.07, 6.45) is 5.57. The summed E-state index contributed by atoms with van der Waals surface area (Å²) in [5, 5.41) is 3.00. The van der Waals surface area contributed by atoms with E-state index in [2.05, 4.69) is 12.2 Å². The molecule has 3 nitrogen and oxygen atoms in total. The monoisotopic (exact) mass is 198 g/mol. The van der Waals surface area contributed by atoms with Crippen molar-refractivity contribution in [1.29, 1.82) is 0 Å². The van der Waals surface area contributed by atoms with Crippen molar-refractivity contribution in [2.45, 2.75) is 58.0 Å². The quantitative estimate of drug-likeness (QED) is 0.702. The first-order valence-electron chi connectivity index (χ1n) is 5.71. The van der Waals surface area contributed by atoms with Gasteiger partial charge in [0.1, 0.15) is 0 Å². The van der Waals surface area contributed by atoms with Crippen LogP contribution in [0.4, 0.5) is 0 Å². The van der Waals surface area contributed by atoms with Crippen LogP contribution < -0.4 is 11.1 Å². The van der Waals surface area contributed by atoms with Gasteiger partial charge < -0.3 is 11.1 Å². The number of nitrogens with one attached hydrogen (secondary N) is 1. The molecule has 2 atom stereocenters. The molecule has 82 valence electrons. The Balaban J connectivity index is 2.24. The van der Waals surface area contributed by atoms with Crippen molar-refractivity contribution in [2.75, 3.05) is 0 Å². The lowest BCUT2D eigenvalue weighted by atomic mass is 9.80. The van der Waals surface area contributed by atoms with E-state index in [1.54, 1.807) is 0 Å². The van der Waals surface area contributed by atoms with Crippen molar-refractivity contribution in [3.8, 4) is 0 Å². The van der Waals surface area contributed by atoms with Crippen LogP contribution in [-0.4, -0.2) is 18.0 Å². The Morgan fingerprint density at radius 3 is 2.64 bits per heavy atom. The van der Waals surface area contributed by atoms with Gasteiger partial charge in [-0.25, -0.2) is 0 Å². The van der Waals surface area contributed by atoms with Gasteiger partial charge in [-0.1, -0.05) is 19.8 Å². The summed E-state index contributed by atoms with van der Waals surface area (Å²) >= 11 is 0. The molecule has 1 fully saturated rings. The van der Waals surface area contributed by atoms with Gasteiger partial charge in [0, 0.05) is 6.04 Å². The first-order chi connectivity index (χ1) is 6.65. The zero-order valence-corrected chi connectivity index (χ0v) is 9.25. The molecule has 3 N–H and O–H groups in total. The molecular weight excluding hydrogens is 176 g/mol. The number of amides is 1. The standard InChI is InChI=1S/C11H22N2O/c1-3-5-10(12)11(14)13-8(2)9-6-4-7-9/h8-10H,3-7,12H2,1-2H3,(H,13,14). The molecule has 0 aromatic carbocycles. The summed E-state index contributed by atoms with van der Waals surface area (Å²) in [5.41, 5.74) is 5.72. The van der Waals surface area contributed by atoms with Crippen LogP contribution in [0.2, 0.25) is 0 Å². The van der Waals surface area contributed by atoms with Gasteiger partial charge in [-0.3, -0.25) is 4.79 Å². The van der Waals surface area contributed by atoms with Gasteiger partial charge in [0.2, 0.25) is 5.91 Å². The predicted molar refractivity (Wildman–Crippen MR) is 57.8 cm³/mol. The number of nitrogens with two attached hydrogens (primary N) is 1. The predicted octanol–water partition coefficient (Wildman–Crippen LogP) is 1.42. The van der Waals surface area contributed by atoms with Crippen LogP contribution in [0.15, 0.2) is 0 Å². The van der Waals surface area contributed by atoms with Crippen molar-refractivity contribution in [3.63, 3.8) is 0 Å². The van der Waals surface area contributed by atoms with Crippen molar-refractivity contribution < 1.29 is 4.79 Å². The van der Waals surface area contributed by atoms with Crippen molar-refractivity contribution in [2.24, 2.45) is 11.7 Å². The number of hydrogen-bond acceptors (Lipinski definition) is 2. The lowest BCUT2D eigenvalue weighted by Crippen LogP contribution is -2.47. The van der Waals surface area contributed by atoms with Gasteiger partial charge in [0.25, 0.3) is 0 Å². The van der Waals surface area contributed by atoms with E-state index in [1.165, 1.54) is 19.3 Å². The molecule has 0 radical (unpaired) electrons. The van der Waals surface area contributed by atoms with Gasteiger partial charge in [0.05, 0.1) is 6.04 Å². The number of carbonyl (C=O) groups is 1. The van der Waals surface area contributed by atoms with Gasteiger partial charge in [0.15, 0.2) is 0 Å². The average molecular weight is 198 g/mol. The maximum atomic E-state index is 11.6. The smallest absolute Gasteiger partial charge is 0.237 e. The summed E-state index contributed by atoms with van der Waals surface area (Å²) < 4.78 is 0. The van der Waals surface area contributed by atoms with Crippen LogP contribution in [0, 0.1) is 5.92 Å². The fourth-order valence-corrected chi connectivity index (χ4v) is 1.83. The van der Waals surface area contributed by atoms with E-state index >= 15 is 0 Å². The molecule has 0 aromatic heterocycles. The Hall–Kier alpha value is -0.570. The third-order valence-corrected chi connectivity index (χ3v) is 3.16. The Morgan fingerprint density at radius 2 is 2.21 bits per heavy atom. The van der Waals surface area contributed by atoms with Gasteiger partial charge in [-0.05, 0) is 32.1 Å². The van der Waals surface area contributed by atoms with E-state index < -0.39 is 0 Å².